The van der Waals surface area contributed by atoms with E-state index in [1.165, 1.54) is 24.3 Å². The third-order valence-electron chi connectivity index (χ3n) is 7.19. The second-order valence-corrected chi connectivity index (χ2v) is 11.4. The van der Waals surface area contributed by atoms with E-state index in [1.54, 1.807) is 25.1 Å². The fraction of sp³-hybridized carbons (Fsp3) is 0.128. The molecule has 254 valence electrons. The number of halogens is 2. The maximum atomic E-state index is 12.6. The Morgan fingerprint density at radius 3 is 1.45 bits per heavy atom. The van der Waals surface area contributed by atoms with Gasteiger partial charge in [0.15, 0.2) is 5.78 Å². The van der Waals surface area contributed by atoms with Gasteiger partial charge in [0.25, 0.3) is 16.4 Å². The van der Waals surface area contributed by atoms with Crippen molar-refractivity contribution in [2.24, 2.45) is 0 Å². The van der Waals surface area contributed by atoms with Gasteiger partial charge in [0.1, 0.15) is 0 Å². The minimum Gasteiger partial charge on any atom is -0.399 e. The van der Waals surface area contributed by atoms with E-state index in [2.05, 4.69) is 10.6 Å². The van der Waals surface area contributed by atoms with Gasteiger partial charge < -0.3 is 22.1 Å². The minimum absolute atomic E-state index is 0. The Hall–Kier alpha value is -5.44. The van der Waals surface area contributed by atoms with Crippen LogP contribution < -0.4 is 22.1 Å². The molecule has 0 aliphatic carbocycles. The summed E-state index contributed by atoms with van der Waals surface area (Å²) in [7, 11) is 1.85. The first kappa shape index (κ1) is 39.7. The van der Waals surface area contributed by atoms with Crippen molar-refractivity contribution in [1.29, 1.82) is 0 Å². The lowest BCUT2D eigenvalue weighted by Crippen LogP contribution is -2.12. The summed E-state index contributed by atoms with van der Waals surface area (Å²) in [5.74, 6) is -0.101. The highest BCUT2D eigenvalue weighted by Gasteiger charge is 2.09. The van der Waals surface area contributed by atoms with Crippen molar-refractivity contribution < 1.29 is 19.2 Å². The maximum Gasteiger partial charge on any atom is 0.255 e. The molecule has 0 saturated heterocycles. The molecule has 0 saturated carbocycles. The Labute approximate surface area is 297 Å². The normalized spacial score (nSPS) is 9.76. The van der Waals surface area contributed by atoms with Gasteiger partial charge in [-0.05, 0) is 127 Å². The molecule has 1 amide bonds. The molecule has 0 spiro atoms. The summed E-state index contributed by atoms with van der Waals surface area (Å²) in [5.41, 5.74) is 20.2. The highest BCUT2D eigenvalue weighted by atomic mass is 35.5. The van der Waals surface area contributed by atoms with Crippen molar-refractivity contribution in [3.63, 3.8) is 0 Å². The van der Waals surface area contributed by atoms with Gasteiger partial charge in [-0.1, -0.05) is 56.0 Å². The smallest absolute Gasteiger partial charge is 0.255 e. The molecule has 49 heavy (non-hydrogen) atoms. The molecule has 0 radical (unpaired) electrons. The molecule has 5 aromatic rings. The maximum absolute atomic E-state index is 12.6. The van der Waals surface area contributed by atoms with Crippen LogP contribution in [0.5, 0.6) is 0 Å². The molecule has 5 aromatic carbocycles. The molecule has 0 fully saturated rings. The van der Waals surface area contributed by atoms with Crippen LogP contribution in [-0.4, -0.2) is 29.2 Å². The topological polar surface area (TPSA) is 144 Å². The predicted octanol–water partition coefficient (Wildman–Crippen LogP) is 9.40. The van der Waals surface area contributed by atoms with Crippen LogP contribution in [0.25, 0.3) is 11.1 Å². The van der Waals surface area contributed by atoms with Crippen molar-refractivity contribution in [1.82, 2.24) is 0 Å². The molecule has 0 atom stereocenters. The Morgan fingerprint density at radius 2 is 1.04 bits per heavy atom. The van der Waals surface area contributed by atoms with Crippen LogP contribution in [0.2, 0.25) is 0 Å². The monoisotopic (exact) mass is 698 g/mol. The number of Topliss-reactive ketones (excluding diaryl/α,β-unsaturated/α-hetero) is 1. The third kappa shape index (κ3) is 11.9. The number of nitrogen functional groups attached to an aromatic ring is 2. The lowest BCUT2D eigenvalue weighted by Gasteiger charge is -2.11. The average Bonchev–Trinajstić information content (AvgIpc) is 3.08. The summed E-state index contributed by atoms with van der Waals surface area (Å²) in [6.07, 6.45) is 0. The van der Waals surface area contributed by atoms with Gasteiger partial charge in [-0.15, -0.1) is 0 Å². The molecule has 0 aliphatic rings. The molecule has 0 aromatic heterocycles. The standard InChI is InChI=1S/C23H22N2O2.C8H4Cl2O2.C7H10N2.CH4/c1-15-4-13-21(24-3)14-22(15)25-23(27)20-11-9-19(10-12-20)18-7-5-17(6-8-18)16(2)26;9-7(11)5-1-2-6(4-3-5)8(10)12;1-5-2-3-6(8)4-7(5)9;/h4-14,24H,1-3H3,(H,25,27);1-4H;2-4H,8-9H2,1H3;1H4. The van der Waals surface area contributed by atoms with Crippen LogP contribution in [0.3, 0.4) is 0 Å². The fourth-order valence-electron chi connectivity index (χ4n) is 4.21. The summed E-state index contributed by atoms with van der Waals surface area (Å²) in [6.45, 7) is 5.47. The zero-order chi connectivity index (χ0) is 35.4. The number of ketones is 1. The number of anilines is 4. The van der Waals surface area contributed by atoms with Gasteiger partial charge in [0.05, 0.1) is 0 Å². The Kier molecular flexibility index (Phi) is 15.2. The van der Waals surface area contributed by atoms with Crippen molar-refractivity contribution in [2.45, 2.75) is 28.2 Å². The van der Waals surface area contributed by atoms with Crippen molar-refractivity contribution >= 4 is 68.1 Å². The number of benzene rings is 5. The molecule has 10 heteroatoms. The van der Waals surface area contributed by atoms with E-state index in [0.29, 0.717) is 22.3 Å². The zero-order valence-electron chi connectivity index (χ0n) is 26.9. The van der Waals surface area contributed by atoms with Gasteiger partial charge in [-0.2, -0.15) is 0 Å². The second-order valence-electron chi connectivity index (χ2n) is 10.7. The van der Waals surface area contributed by atoms with Crippen LogP contribution in [0.4, 0.5) is 22.7 Å². The molecule has 0 heterocycles. The van der Waals surface area contributed by atoms with E-state index in [-0.39, 0.29) is 19.1 Å². The molecule has 6 N–H and O–H groups in total. The summed E-state index contributed by atoms with van der Waals surface area (Å²) in [5, 5.41) is 4.93. The molecular formula is C39H40Cl2N4O4. The first-order valence-corrected chi connectivity index (χ1v) is 15.5. The Morgan fingerprint density at radius 1 is 0.592 bits per heavy atom. The second kappa shape index (κ2) is 18.8. The number of nitrogens with two attached hydrogens (primary N) is 2. The SMILES string of the molecule is C.CNc1ccc(C)c(NC(=O)c2ccc(-c3ccc(C(C)=O)cc3)cc2)c1.Cc1ccc(N)cc1N.O=C(Cl)c1ccc(C(=O)Cl)cc1. The van der Waals surface area contributed by atoms with E-state index in [4.69, 9.17) is 34.7 Å². The summed E-state index contributed by atoms with van der Waals surface area (Å²) in [4.78, 5) is 45.1. The molecule has 0 bridgehead atoms. The third-order valence-corrected chi connectivity index (χ3v) is 7.62. The molecular weight excluding hydrogens is 659 g/mol. The fourth-order valence-corrected chi connectivity index (χ4v) is 4.46. The van der Waals surface area contributed by atoms with Crippen LogP contribution in [0, 0.1) is 13.8 Å². The number of hydrogen-bond acceptors (Lipinski definition) is 7. The number of aryl methyl sites for hydroxylation is 2. The van der Waals surface area contributed by atoms with Crippen LogP contribution >= 0.6 is 23.2 Å². The minimum atomic E-state index is -0.552. The van der Waals surface area contributed by atoms with Crippen molar-refractivity contribution in [3.05, 3.63) is 143 Å². The number of hydrogen-bond donors (Lipinski definition) is 4. The largest absolute Gasteiger partial charge is 0.399 e. The van der Waals surface area contributed by atoms with E-state index in [0.717, 1.165) is 45.0 Å². The Bertz CT molecular complexity index is 1880. The number of carbonyl (C=O) groups excluding carboxylic acids is 4. The molecule has 0 unspecified atom stereocenters. The van der Waals surface area contributed by atoms with Crippen LogP contribution in [0.1, 0.15) is 66.9 Å². The quantitative estimate of drug-likeness (QED) is 0.0753. The zero-order valence-corrected chi connectivity index (χ0v) is 28.4. The first-order valence-electron chi connectivity index (χ1n) is 14.7. The van der Waals surface area contributed by atoms with Gasteiger partial charge in [0.2, 0.25) is 0 Å². The van der Waals surface area contributed by atoms with Crippen molar-refractivity contribution in [2.75, 3.05) is 29.1 Å². The van der Waals surface area contributed by atoms with E-state index >= 15 is 0 Å². The lowest BCUT2D eigenvalue weighted by atomic mass is 10.0. The van der Waals surface area contributed by atoms with Gasteiger partial charge in [-0.25, -0.2) is 0 Å². The summed E-state index contributed by atoms with van der Waals surface area (Å²) < 4.78 is 0. The van der Waals surface area contributed by atoms with Gasteiger partial charge >= 0.3 is 0 Å². The number of amides is 1. The van der Waals surface area contributed by atoms with Crippen LogP contribution in [0.15, 0.2) is 109 Å². The van der Waals surface area contributed by atoms with E-state index < -0.39 is 10.5 Å². The highest BCUT2D eigenvalue weighted by Crippen LogP contribution is 2.23. The van der Waals surface area contributed by atoms with Crippen molar-refractivity contribution in [3.8, 4) is 11.1 Å². The lowest BCUT2D eigenvalue weighted by molar-refractivity contribution is 0.101. The summed E-state index contributed by atoms with van der Waals surface area (Å²) in [6, 6.07) is 32.1. The molecule has 5 rings (SSSR count). The Balaban J connectivity index is 0.000000311. The molecule has 0 aliphatic heterocycles. The average molecular weight is 700 g/mol. The first-order chi connectivity index (χ1) is 22.8. The number of rotatable bonds is 7. The van der Waals surface area contributed by atoms with Crippen LogP contribution in [-0.2, 0) is 0 Å². The van der Waals surface area contributed by atoms with E-state index in [1.807, 2.05) is 87.6 Å². The summed E-state index contributed by atoms with van der Waals surface area (Å²) >= 11 is 10.4. The number of carbonyl (C=O) groups is 4. The van der Waals surface area contributed by atoms with Gasteiger partial charge in [-0.3, -0.25) is 19.2 Å². The predicted molar refractivity (Wildman–Crippen MR) is 204 cm³/mol. The van der Waals surface area contributed by atoms with E-state index in [9.17, 15) is 19.2 Å². The van der Waals surface area contributed by atoms with Gasteiger partial charge in [0, 0.05) is 52.1 Å². The number of nitrogens with one attached hydrogen (secondary N) is 2. The highest BCUT2D eigenvalue weighted by molar-refractivity contribution is 6.68. The molecule has 8 nitrogen and oxygen atoms in total.